The van der Waals surface area contributed by atoms with Gasteiger partial charge in [0.2, 0.25) is 0 Å². The van der Waals surface area contributed by atoms with Crippen molar-refractivity contribution in [3.8, 4) is 5.75 Å². The van der Waals surface area contributed by atoms with Crippen molar-refractivity contribution in [3.63, 3.8) is 0 Å². The molecule has 0 aromatic heterocycles. The van der Waals surface area contributed by atoms with E-state index in [1.807, 2.05) is 19.1 Å². The van der Waals surface area contributed by atoms with E-state index in [1.165, 1.54) is 0 Å². The first-order chi connectivity index (χ1) is 8.60. The van der Waals surface area contributed by atoms with Crippen LogP contribution in [0.4, 0.5) is 0 Å². The second-order valence-corrected chi connectivity index (χ2v) is 4.99. The van der Waals surface area contributed by atoms with Gasteiger partial charge in [-0.2, -0.15) is 0 Å². The van der Waals surface area contributed by atoms with Crippen LogP contribution in [0.1, 0.15) is 28.8 Å². The first-order valence-electron chi connectivity index (χ1n) is 6.28. The van der Waals surface area contributed by atoms with Crippen molar-refractivity contribution in [2.75, 3.05) is 13.7 Å². The summed E-state index contributed by atoms with van der Waals surface area (Å²) < 4.78 is 5.21. The normalized spacial score (nSPS) is 22.2. The zero-order chi connectivity index (χ0) is 13.1. The van der Waals surface area contributed by atoms with Gasteiger partial charge in [0, 0.05) is 18.2 Å². The van der Waals surface area contributed by atoms with Gasteiger partial charge in [-0.3, -0.25) is 4.79 Å². The van der Waals surface area contributed by atoms with Crippen LogP contribution in [0.2, 0.25) is 0 Å². The molecule has 1 saturated carbocycles. The first kappa shape index (κ1) is 12.9. The number of benzene rings is 1. The third-order valence-corrected chi connectivity index (χ3v) is 3.49. The van der Waals surface area contributed by atoms with E-state index in [9.17, 15) is 4.79 Å². The molecule has 0 atom stereocenters. The van der Waals surface area contributed by atoms with E-state index >= 15 is 0 Å². The molecule has 0 bridgehead atoms. The lowest BCUT2D eigenvalue weighted by molar-refractivity contribution is 0.0935. The van der Waals surface area contributed by atoms with Crippen LogP contribution >= 0.6 is 0 Å². The van der Waals surface area contributed by atoms with Gasteiger partial charge in [0.15, 0.2) is 0 Å². The number of nitrogens with one attached hydrogen (secondary N) is 1. The predicted molar refractivity (Wildman–Crippen MR) is 70.8 cm³/mol. The smallest absolute Gasteiger partial charge is 0.251 e. The number of aryl methyl sites for hydroxylation is 1. The molecule has 1 aliphatic carbocycles. The molecule has 4 nitrogen and oxygen atoms in total. The lowest BCUT2D eigenvalue weighted by atomic mass is 9.81. The molecule has 1 aliphatic rings. The first-order valence-corrected chi connectivity index (χ1v) is 6.28. The Labute approximate surface area is 108 Å². The van der Waals surface area contributed by atoms with E-state index in [-0.39, 0.29) is 5.91 Å². The fraction of sp³-hybridized carbons (Fsp3) is 0.500. The highest BCUT2D eigenvalue weighted by Crippen LogP contribution is 2.24. The van der Waals surface area contributed by atoms with Crippen molar-refractivity contribution < 1.29 is 9.53 Å². The van der Waals surface area contributed by atoms with Gasteiger partial charge >= 0.3 is 0 Å². The molecule has 18 heavy (non-hydrogen) atoms. The second kappa shape index (κ2) is 5.40. The number of methoxy groups -OCH3 is 1. The summed E-state index contributed by atoms with van der Waals surface area (Å²) in [6.45, 7) is 2.67. The zero-order valence-electron chi connectivity index (χ0n) is 10.9. The van der Waals surface area contributed by atoms with Crippen molar-refractivity contribution in [3.05, 3.63) is 29.3 Å². The maximum Gasteiger partial charge on any atom is 0.251 e. The molecule has 1 amide bonds. The van der Waals surface area contributed by atoms with Crippen LogP contribution in [0.3, 0.4) is 0 Å². The van der Waals surface area contributed by atoms with Crippen LogP contribution < -0.4 is 15.8 Å². The summed E-state index contributed by atoms with van der Waals surface area (Å²) in [6.07, 6.45) is 2.02. The van der Waals surface area contributed by atoms with Crippen LogP contribution in [0, 0.1) is 12.8 Å². The Hall–Kier alpha value is -1.55. The highest BCUT2D eigenvalue weighted by Gasteiger charge is 2.26. The van der Waals surface area contributed by atoms with Gasteiger partial charge in [-0.25, -0.2) is 0 Å². The largest absolute Gasteiger partial charge is 0.496 e. The molecule has 0 unspecified atom stereocenters. The standard InChI is InChI=1S/C14H20N2O2/c1-9-3-4-11(7-13(9)18-2)14(17)16-8-10-5-12(15)6-10/h3-4,7,10,12H,5-6,8,15H2,1-2H3,(H,16,17). The Balaban J connectivity index is 1.92. The summed E-state index contributed by atoms with van der Waals surface area (Å²) in [5.41, 5.74) is 7.38. The Kier molecular flexibility index (Phi) is 3.87. The number of rotatable bonds is 4. The SMILES string of the molecule is COc1cc(C(=O)NCC2CC(N)C2)ccc1C. The lowest BCUT2D eigenvalue weighted by Crippen LogP contribution is -2.42. The minimum Gasteiger partial charge on any atom is -0.496 e. The van der Waals surface area contributed by atoms with Crippen molar-refractivity contribution in [2.24, 2.45) is 11.7 Å². The molecule has 1 aromatic rings. The van der Waals surface area contributed by atoms with Gasteiger partial charge in [-0.15, -0.1) is 0 Å². The number of hydrogen-bond acceptors (Lipinski definition) is 3. The van der Waals surface area contributed by atoms with Gasteiger partial charge in [0.1, 0.15) is 5.75 Å². The zero-order valence-corrected chi connectivity index (χ0v) is 10.9. The average molecular weight is 248 g/mol. The van der Waals surface area contributed by atoms with E-state index in [2.05, 4.69) is 5.32 Å². The van der Waals surface area contributed by atoms with Crippen molar-refractivity contribution >= 4 is 5.91 Å². The van der Waals surface area contributed by atoms with E-state index < -0.39 is 0 Å². The molecule has 98 valence electrons. The van der Waals surface area contributed by atoms with Crippen molar-refractivity contribution in [1.82, 2.24) is 5.32 Å². The number of hydrogen-bond donors (Lipinski definition) is 2. The lowest BCUT2D eigenvalue weighted by Gasteiger charge is -2.32. The highest BCUT2D eigenvalue weighted by molar-refractivity contribution is 5.94. The quantitative estimate of drug-likeness (QED) is 0.848. The fourth-order valence-corrected chi connectivity index (χ4v) is 2.25. The number of amides is 1. The maximum absolute atomic E-state index is 12.0. The molecule has 0 spiro atoms. The summed E-state index contributed by atoms with van der Waals surface area (Å²) in [4.78, 5) is 12.0. The molecule has 1 aromatic carbocycles. The Bertz CT molecular complexity index is 439. The predicted octanol–water partition coefficient (Wildman–Crippen LogP) is 1.47. The summed E-state index contributed by atoms with van der Waals surface area (Å²) in [5, 5.41) is 2.94. The molecule has 1 fully saturated rings. The van der Waals surface area contributed by atoms with Crippen LogP contribution in [-0.2, 0) is 0 Å². The topological polar surface area (TPSA) is 64.3 Å². The molecule has 4 heteroatoms. The van der Waals surface area contributed by atoms with E-state index in [4.69, 9.17) is 10.5 Å². The summed E-state index contributed by atoms with van der Waals surface area (Å²) in [5.74, 6) is 1.23. The molecule has 0 aliphatic heterocycles. The summed E-state index contributed by atoms with van der Waals surface area (Å²) in [6, 6.07) is 5.82. The Morgan fingerprint density at radius 1 is 1.50 bits per heavy atom. The molecule has 2 rings (SSSR count). The molecular weight excluding hydrogens is 228 g/mol. The van der Waals surface area contributed by atoms with Crippen molar-refractivity contribution in [2.45, 2.75) is 25.8 Å². The number of nitrogens with two attached hydrogens (primary N) is 1. The summed E-state index contributed by atoms with van der Waals surface area (Å²) >= 11 is 0. The van der Waals surface area contributed by atoms with Gasteiger partial charge < -0.3 is 15.8 Å². The molecule has 0 saturated heterocycles. The summed E-state index contributed by atoms with van der Waals surface area (Å²) in [7, 11) is 1.61. The van der Waals surface area contributed by atoms with Crippen LogP contribution in [0.15, 0.2) is 18.2 Å². The fourth-order valence-electron chi connectivity index (χ4n) is 2.25. The number of carbonyl (C=O) groups excluding carboxylic acids is 1. The monoisotopic (exact) mass is 248 g/mol. The van der Waals surface area contributed by atoms with Gasteiger partial charge in [-0.05, 0) is 43.4 Å². The molecule has 0 radical (unpaired) electrons. The maximum atomic E-state index is 12.0. The highest BCUT2D eigenvalue weighted by atomic mass is 16.5. The average Bonchev–Trinajstić information content (AvgIpc) is 2.33. The van der Waals surface area contributed by atoms with Crippen LogP contribution in [-0.4, -0.2) is 25.6 Å². The minimum absolute atomic E-state index is 0.0474. The van der Waals surface area contributed by atoms with E-state index in [0.29, 0.717) is 24.1 Å². The molecule has 3 N–H and O–H groups in total. The number of carbonyl (C=O) groups is 1. The molecular formula is C14H20N2O2. The van der Waals surface area contributed by atoms with E-state index in [0.717, 1.165) is 24.2 Å². The van der Waals surface area contributed by atoms with Gasteiger partial charge in [-0.1, -0.05) is 6.07 Å². The van der Waals surface area contributed by atoms with Gasteiger partial charge in [0.25, 0.3) is 5.91 Å². The minimum atomic E-state index is -0.0474. The molecule has 0 heterocycles. The Morgan fingerprint density at radius 3 is 2.83 bits per heavy atom. The van der Waals surface area contributed by atoms with Crippen LogP contribution in [0.25, 0.3) is 0 Å². The number of ether oxygens (including phenoxy) is 1. The van der Waals surface area contributed by atoms with Crippen molar-refractivity contribution in [1.29, 1.82) is 0 Å². The third kappa shape index (κ3) is 2.82. The van der Waals surface area contributed by atoms with E-state index in [1.54, 1.807) is 13.2 Å². The Morgan fingerprint density at radius 2 is 2.22 bits per heavy atom. The van der Waals surface area contributed by atoms with Gasteiger partial charge in [0.05, 0.1) is 7.11 Å². The third-order valence-electron chi connectivity index (χ3n) is 3.49. The van der Waals surface area contributed by atoms with Crippen LogP contribution in [0.5, 0.6) is 5.75 Å². The second-order valence-electron chi connectivity index (χ2n) is 4.99.